The van der Waals surface area contributed by atoms with Gasteiger partial charge in [0.2, 0.25) is 7.37 Å². The summed E-state index contributed by atoms with van der Waals surface area (Å²) in [4.78, 5) is 9.88. The number of halogens is 3. The highest BCUT2D eigenvalue weighted by atomic mass is 32.2. The molecule has 0 aromatic heterocycles. The molecule has 1 aromatic carbocycles. The maximum Gasteiger partial charge on any atom is 0.523 e. The Hall–Kier alpha value is -1.49. The minimum absolute atomic E-state index is 0.153. The van der Waals surface area contributed by atoms with Gasteiger partial charge in [0.05, 0.1) is 17.7 Å². The first kappa shape index (κ1) is 20.6. The maximum atomic E-state index is 12.5. The molecule has 1 unspecified atom stereocenters. The summed E-state index contributed by atoms with van der Waals surface area (Å²) in [6.45, 7) is 1.26. The van der Waals surface area contributed by atoms with Crippen molar-refractivity contribution in [1.29, 1.82) is 0 Å². The van der Waals surface area contributed by atoms with Crippen LogP contribution in [0.4, 0.5) is 18.9 Å². The Morgan fingerprint density at radius 2 is 1.79 bits per heavy atom. The summed E-state index contributed by atoms with van der Waals surface area (Å²) >= 11 is 0. The van der Waals surface area contributed by atoms with E-state index in [2.05, 4.69) is 4.18 Å². The largest absolute Gasteiger partial charge is 0.523 e. The molecule has 24 heavy (non-hydrogen) atoms. The van der Waals surface area contributed by atoms with Crippen LogP contribution in [0.3, 0.4) is 0 Å². The van der Waals surface area contributed by atoms with Gasteiger partial charge in [0.25, 0.3) is 5.69 Å². The summed E-state index contributed by atoms with van der Waals surface area (Å²) in [6.07, 6.45) is -1.73. The van der Waals surface area contributed by atoms with Crippen LogP contribution in [0.2, 0.25) is 0 Å². The number of rotatable bonds is 8. The van der Waals surface area contributed by atoms with Gasteiger partial charge >= 0.3 is 15.6 Å². The molecule has 0 fully saturated rings. The zero-order valence-electron chi connectivity index (χ0n) is 12.2. The highest BCUT2D eigenvalue weighted by molar-refractivity contribution is 7.87. The minimum atomic E-state index is -5.90. The number of nitro groups is 1. The highest BCUT2D eigenvalue weighted by Crippen LogP contribution is 2.51. The fourth-order valence-electron chi connectivity index (χ4n) is 1.58. The Balaban J connectivity index is 2.92. The van der Waals surface area contributed by atoms with Gasteiger partial charge in [-0.2, -0.15) is 21.6 Å². The molecule has 0 saturated carbocycles. The number of non-ortho nitro benzene ring substituents is 1. The average Bonchev–Trinajstić information content (AvgIpc) is 2.45. The summed E-state index contributed by atoms with van der Waals surface area (Å²) < 4.78 is 79.6. The van der Waals surface area contributed by atoms with E-state index in [4.69, 9.17) is 4.52 Å². The number of nitrogens with zero attached hydrogens (tertiary/aromatic N) is 1. The van der Waals surface area contributed by atoms with Crippen LogP contribution in [-0.4, -0.2) is 31.8 Å². The Morgan fingerprint density at radius 3 is 2.21 bits per heavy atom. The molecule has 0 saturated heterocycles. The Bertz CT molecular complexity index is 733. The molecule has 0 aliphatic rings. The monoisotopic (exact) mass is 391 g/mol. The van der Waals surface area contributed by atoms with Crippen molar-refractivity contribution < 1.29 is 39.8 Å². The Labute approximate surface area is 135 Å². The van der Waals surface area contributed by atoms with Gasteiger partial charge in [0.1, 0.15) is 6.35 Å². The predicted molar refractivity (Wildman–Crippen MR) is 77.0 cm³/mol. The van der Waals surface area contributed by atoms with E-state index in [1.807, 2.05) is 0 Å². The molecule has 0 amide bonds. The van der Waals surface area contributed by atoms with Crippen LogP contribution in [0.5, 0.6) is 0 Å². The average molecular weight is 391 g/mol. The van der Waals surface area contributed by atoms with E-state index < -0.39 is 40.4 Å². The lowest BCUT2D eigenvalue weighted by atomic mass is 10.2. The second-order valence-corrected chi connectivity index (χ2v) is 8.53. The van der Waals surface area contributed by atoms with E-state index in [1.165, 1.54) is 19.1 Å². The fraction of sp³-hybridized carbons (Fsp3) is 0.455. The second-order valence-electron chi connectivity index (χ2n) is 4.46. The van der Waals surface area contributed by atoms with Crippen molar-refractivity contribution in [2.24, 2.45) is 0 Å². The lowest BCUT2D eigenvalue weighted by molar-refractivity contribution is -0.384. The molecule has 0 aliphatic carbocycles. The third kappa shape index (κ3) is 5.55. The van der Waals surface area contributed by atoms with Gasteiger partial charge in [-0.05, 0) is 12.5 Å². The maximum absolute atomic E-state index is 12.5. The summed E-state index contributed by atoms with van der Waals surface area (Å²) in [5, 5.41) is 10.5. The zero-order chi connectivity index (χ0) is 18.6. The summed E-state index contributed by atoms with van der Waals surface area (Å²) in [7, 11) is -9.82. The molecule has 0 radical (unpaired) electrons. The summed E-state index contributed by atoms with van der Waals surface area (Å²) in [6, 6.07) is 4.70. The zero-order valence-corrected chi connectivity index (χ0v) is 13.9. The van der Waals surface area contributed by atoms with E-state index in [0.717, 1.165) is 12.1 Å². The van der Waals surface area contributed by atoms with Crippen LogP contribution >= 0.6 is 7.37 Å². The van der Waals surface area contributed by atoms with E-state index in [0.29, 0.717) is 0 Å². The molecule has 13 heteroatoms. The molecule has 0 aliphatic heterocycles. The normalized spacial score (nSPS) is 15.0. The first-order valence-corrected chi connectivity index (χ1v) is 9.72. The lowest BCUT2D eigenvalue weighted by Gasteiger charge is -2.18. The molecule has 136 valence electrons. The minimum Gasteiger partial charge on any atom is -0.327 e. The number of alkyl halides is 3. The van der Waals surface area contributed by atoms with Crippen molar-refractivity contribution in [3.05, 3.63) is 39.9 Å². The van der Waals surface area contributed by atoms with Crippen LogP contribution in [0, 0.1) is 10.1 Å². The lowest BCUT2D eigenvalue weighted by Crippen LogP contribution is -2.26. The van der Waals surface area contributed by atoms with Gasteiger partial charge in [-0.15, -0.1) is 0 Å². The van der Waals surface area contributed by atoms with Crippen molar-refractivity contribution in [2.45, 2.75) is 18.6 Å². The molecular weight excluding hydrogens is 378 g/mol. The quantitative estimate of drug-likeness (QED) is 0.220. The van der Waals surface area contributed by atoms with E-state index >= 15 is 0 Å². The van der Waals surface area contributed by atoms with Gasteiger partial charge in [0.15, 0.2) is 0 Å². The van der Waals surface area contributed by atoms with Crippen molar-refractivity contribution in [3.63, 3.8) is 0 Å². The molecule has 0 N–H and O–H groups in total. The summed E-state index contributed by atoms with van der Waals surface area (Å²) in [5.74, 6) is 0. The van der Waals surface area contributed by atoms with Gasteiger partial charge in [-0.3, -0.25) is 18.9 Å². The van der Waals surface area contributed by atoms with Crippen LogP contribution in [0.1, 0.15) is 12.5 Å². The number of nitro benzene ring substituents is 1. The fourth-order valence-corrected chi connectivity index (χ4v) is 4.41. The summed E-state index contributed by atoms with van der Waals surface area (Å²) in [5.41, 5.74) is -5.62. The van der Waals surface area contributed by atoms with E-state index in [-0.39, 0.29) is 17.9 Å². The molecule has 0 bridgehead atoms. The van der Waals surface area contributed by atoms with Crippen molar-refractivity contribution in [1.82, 2.24) is 0 Å². The topological polar surface area (TPSA) is 113 Å². The predicted octanol–water partition coefficient (Wildman–Crippen LogP) is 3.23. The number of benzene rings is 1. The van der Waals surface area contributed by atoms with E-state index in [1.54, 1.807) is 0 Å². The van der Waals surface area contributed by atoms with E-state index in [9.17, 15) is 36.3 Å². The van der Waals surface area contributed by atoms with Crippen molar-refractivity contribution in [2.75, 3.05) is 13.0 Å². The first-order chi connectivity index (χ1) is 10.9. The third-order valence-electron chi connectivity index (χ3n) is 2.62. The third-order valence-corrected chi connectivity index (χ3v) is 5.89. The van der Waals surface area contributed by atoms with Gasteiger partial charge < -0.3 is 4.52 Å². The van der Waals surface area contributed by atoms with Crippen molar-refractivity contribution in [3.8, 4) is 0 Å². The van der Waals surface area contributed by atoms with Crippen LogP contribution in [-0.2, 0) is 29.6 Å². The first-order valence-electron chi connectivity index (χ1n) is 6.32. The van der Waals surface area contributed by atoms with Gasteiger partial charge in [0, 0.05) is 12.1 Å². The highest BCUT2D eigenvalue weighted by Gasteiger charge is 2.48. The second kappa shape index (κ2) is 7.60. The van der Waals surface area contributed by atoms with Crippen LogP contribution < -0.4 is 0 Å². The Kier molecular flexibility index (Phi) is 6.51. The van der Waals surface area contributed by atoms with Gasteiger partial charge in [-0.25, -0.2) is 0 Å². The molecule has 1 rings (SSSR count). The standard InChI is InChI=1S/C11H13F3NO7PS/c1-2-21-23(18,8-22-24(19,20)11(12,13)14)7-9-3-5-10(6-4-9)15(16)17/h3-6H,2,7-8H2,1H3. The molecule has 0 spiro atoms. The number of hydrogen-bond donors (Lipinski definition) is 0. The molecule has 8 nitrogen and oxygen atoms in total. The number of hydrogen-bond acceptors (Lipinski definition) is 7. The van der Waals surface area contributed by atoms with Crippen molar-refractivity contribution >= 4 is 23.2 Å². The van der Waals surface area contributed by atoms with Crippen LogP contribution in [0.25, 0.3) is 0 Å². The molecule has 1 atom stereocenters. The molecule has 0 heterocycles. The Morgan fingerprint density at radius 1 is 1.25 bits per heavy atom. The molecular formula is C11H13F3NO7PS. The SMILES string of the molecule is CCOP(=O)(COS(=O)(=O)C(F)(F)F)Cc1ccc([N+](=O)[O-])cc1. The van der Waals surface area contributed by atoms with Crippen LogP contribution in [0.15, 0.2) is 24.3 Å². The smallest absolute Gasteiger partial charge is 0.327 e. The van der Waals surface area contributed by atoms with Gasteiger partial charge in [-0.1, -0.05) is 12.1 Å². The molecule has 1 aromatic rings.